The number of hydrogen-bond donors (Lipinski definition) is 2. The number of para-hydroxylation sites is 2. The summed E-state index contributed by atoms with van der Waals surface area (Å²) in [6.07, 6.45) is 1.43. The van der Waals surface area contributed by atoms with Gasteiger partial charge in [-0.2, -0.15) is 0 Å². The number of anilines is 1. The van der Waals surface area contributed by atoms with E-state index in [1.165, 1.54) is 19.2 Å². The van der Waals surface area contributed by atoms with Crippen molar-refractivity contribution in [2.45, 2.75) is 19.4 Å². The van der Waals surface area contributed by atoms with E-state index in [-0.39, 0.29) is 29.1 Å². The molecule has 3 aromatic rings. The van der Waals surface area contributed by atoms with Crippen LogP contribution in [0.15, 0.2) is 60.8 Å². The van der Waals surface area contributed by atoms with Crippen LogP contribution in [-0.4, -0.2) is 23.9 Å². The second kappa shape index (κ2) is 10.8. The van der Waals surface area contributed by atoms with Gasteiger partial charge >= 0.3 is 0 Å². The van der Waals surface area contributed by atoms with Crippen LogP contribution in [0.5, 0.6) is 17.4 Å². The average Bonchev–Trinajstić information content (AvgIpc) is 2.76. The summed E-state index contributed by atoms with van der Waals surface area (Å²) >= 11 is 12.0. The molecule has 0 fully saturated rings. The number of benzene rings is 2. The first-order chi connectivity index (χ1) is 15.4. The lowest BCUT2D eigenvalue weighted by molar-refractivity contribution is -0.120. The standard InChI is InChI=1S/C23H21Cl2N3O4/c1-14(29)27-20(15-7-9-17(31-2)10-8-15)12-22(30)28-19-5-3-4-6-21(19)32-23-18(25)11-16(24)13-26-23/h3-11,13,20H,12H2,1-2H3,(H,27,29)(H,28,30)/t20-/m1/s1. The molecule has 0 bridgehead atoms. The molecule has 1 aromatic heterocycles. The third kappa shape index (κ3) is 6.35. The maximum atomic E-state index is 12.8. The van der Waals surface area contributed by atoms with Crippen molar-refractivity contribution in [3.63, 3.8) is 0 Å². The van der Waals surface area contributed by atoms with Crippen molar-refractivity contribution >= 4 is 40.7 Å². The van der Waals surface area contributed by atoms with Crippen LogP contribution in [0.1, 0.15) is 24.9 Å². The van der Waals surface area contributed by atoms with Gasteiger partial charge in [0.15, 0.2) is 5.75 Å². The molecule has 2 N–H and O–H groups in total. The SMILES string of the molecule is COc1ccc([C@@H](CC(=O)Nc2ccccc2Oc2ncc(Cl)cc2Cl)NC(C)=O)cc1. The lowest BCUT2D eigenvalue weighted by Gasteiger charge is -2.19. The zero-order valence-corrected chi connectivity index (χ0v) is 18.9. The Labute approximate surface area is 195 Å². The maximum absolute atomic E-state index is 12.8. The molecule has 0 spiro atoms. The van der Waals surface area contributed by atoms with Gasteiger partial charge in [0.2, 0.25) is 17.7 Å². The predicted octanol–water partition coefficient (Wildman–Crippen LogP) is 5.40. The number of carbonyl (C=O) groups is 2. The number of amides is 2. The van der Waals surface area contributed by atoms with E-state index in [1.54, 1.807) is 55.6 Å². The van der Waals surface area contributed by atoms with Gasteiger partial charge in [0, 0.05) is 13.1 Å². The molecule has 7 nitrogen and oxygen atoms in total. The number of methoxy groups -OCH3 is 1. The summed E-state index contributed by atoms with van der Waals surface area (Å²) in [5, 5.41) is 6.25. The molecule has 0 aliphatic heterocycles. The minimum Gasteiger partial charge on any atom is -0.497 e. The van der Waals surface area contributed by atoms with Gasteiger partial charge in [0.25, 0.3) is 0 Å². The van der Waals surface area contributed by atoms with Gasteiger partial charge in [-0.25, -0.2) is 4.98 Å². The van der Waals surface area contributed by atoms with Crippen molar-refractivity contribution in [2.75, 3.05) is 12.4 Å². The molecule has 0 radical (unpaired) electrons. The average molecular weight is 474 g/mol. The van der Waals surface area contributed by atoms with Crippen LogP contribution >= 0.6 is 23.2 Å². The van der Waals surface area contributed by atoms with Gasteiger partial charge in [-0.3, -0.25) is 9.59 Å². The Morgan fingerprint density at radius 1 is 1.09 bits per heavy atom. The van der Waals surface area contributed by atoms with E-state index in [1.807, 2.05) is 0 Å². The van der Waals surface area contributed by atoms with Gasteiger partial charge in [-0.1, -0.05) is 47.5 Å². The molecule has 2 amide bonds. The Hall–Kier alpha value is -3.29. The molecule has 9 heteroatoms. The Kier molecular flexibility index (Phi) is 7.92. The highest BCUT2D eigenvalue weighted by Gasteiger charge is 2.19. The van der Waals surface area contributed by atoms with Crippen LogP contribution in [-0.2, 0) is 9.59 Å². The number of aromatic nitrogens is 1. The highest BCUT2D eigenvalue weighted by molar-refractivity contribution is 6.35. The summed E-state index contributed by atoms with van der Waals surface area (Å²) in [6, 6.07) is 15.0. The van der Waals surface area contributed by atoms with Gasteiger partial charge in [0.05, 0.1) is 30.3 Å². The van der Waals surface area contributed by atoms with Crippen molar-refractivity contribution in [1.82, 2.24) is 10.3 Å². The van der Waals surface area contributed by atoms with Crippen molar-refractivity contribution in [3.8, 4) is 17.4 Å². The second-order valence-electron chi connectivity index (χ2n) is 6.82. The van der Waals surface area contributed by atoms with Gasteiger partial charge < -0.3 is 20.1 Å². The van der Waals surface area contributed by atoms with E-state index in [2.05, 4.69) is 15.6 Å². The summed E-state index contributed by atoms with van der Waals surface area (Å²) in [4.78, 5) is 28.6. The molecule has 3 rings (SSSR count). The third-order valence-corrected chi connectivity index (χ3v) is 4.90. The molecular formula is C23H21Cl2N3O4. The molecule has 2 aromatic carbocycles. The van der Waals surface area contributed by atoms with Gasteiger partial charge in [-0.15, -0.1) is 0 Å². The normalized spacial score (nSPS) is 11.4. The summed E-state index contributed by atoms with van der Waals surface area (Å²) in [5.41, 5.74) is 1.21. The number of halogens is 2. The zero-order valence-electron chi connectivity index (χ0n) is 17.4. The first-order valence-electron chi connectivity index (χ1n) is 9.64. The number of carbonyl (C=O) groups excluding carboxylic acids is 2. The Bertz CT molecular complexity index is 1110. The molecule has 166 valence electrons. The van der Waals surface area contributed by atoms with Crippen LogP contribution in [0.2, 0.25) is 10.0 Å². The molecular weight excluding hydrogens is 453 g/mol. The summed E-state index contributed by atoms with van der Waals surface area (Å²) in [5.74, 6) is 0.641. The van der Waals surface area contributed by atoms with E-state index in [4.69, 9.17) is 32.7 Å². The molecule has 32 heavy (non-hydrogen) atoms. The summed E-state index contributed by atoms with van der Waals surface area (Å²) in [6.45, 7) is 1.40. The second-order valence-corrected chi connectivity index (χ2v) is 7.66. The van der Waals surface area contributed by atoms with Crippen LogP contribution in [0.25, 0.3) is 0 Å². The fourth-order valence-corrected chi connectivity index (χ4v) is 3.38. The van der Waals surface area contributed by atoms with E-state index in [9.17, 15) is 9.59 Å². The molecule has 0 saturated heterocycles. The van der Waals surface area contributed by atoms with Crippen LogP contribution in [0, 0.1) is 0 Å². The van der Waals surface area contributed by atoms with Crippen molar-refractivity contribution in [3.05, 3.63) is 76.4 Å². The largest absolute Gasteiger partial charge is 0.497 e. The summed E-state index contributed by atoms with van der Waals surface area (Å²) < 4.78 is 10.9. The number of nitrogens with zero attached hydrogens (tertiary/aromatic N) is 1. The van der Waals surface area contributed by atoms with E-state index in [0.717, 1.165) is 5.56 Å². The van der Waals surface area contributed by atoms with Crippen molar-refractivity contribution in [1.29, 1.82) is 0 Å². The molecule has 1 heterocycles. The number of nitrogens with one attached hydrogen (secondary N) is 2. The number of rotatable bonds is 8. The molecule has 0 aliphatic rings. The first kappa shape index (κ1) is 23.4. The van der Waals surface area contributed by atoms with Crippen LogP contribution in [0.3, 0.4) is 0 Å². The van der Waals surface area contributed by atoms with Crippen LogP contribution < -0.4 is 20.1 Å². The summed E-state index contributed by atoms with van der Waals surface area (Å²) in [7, 11) is 1.57. The minimum absolute atomic E-state index is 0.0141. The van der Waals surface area contributed by atoms with Gasteiger partial charge in [-0.05, 0) is 35.9 Å². The highest BCUT2D eigenvalue weighted by atomic mass is 35.5. The van der Waals surface area contributed by atoms with Crippen LogP contribution in [0.4, 0.5) is 5.69 Å². The maximum Gasteiger partial charge on any atom is 0.238 e. The van der Waals surface area contributed by atoms with Gasteiger partial charge in [0.1, 0.15) is 10.8 Å². The van der Waals surface area contributed by atoms with E-state index in [0.29, 0.717) is 22.2 Å². The molecule has 0 saturated carbocycles. The lowest BCUT2D eigenvalue weighted by atomic mass is 10.0. The van der Waals surface area contributed by atoms with E-state index < -0.39 is 6.04 Å². The lowest BCUT2D eigenvalue weighted by Crippen LogP contribution is -2.29. The first-order valence-corrected chi connectivity index (χ1v) is 10.4. The fraction of sp³-hybridized carbons (Fsp3) is 0.174. The Morgan fingerprint density at radius 3 is 2.47 bits per heavy atom. The zero-order chi connectivity index (χ0) is 23.1. The Balaban J connectivity index is 1.75. The minimum atomic E-state index is -0.515. The third-order valence-electron chi connectivity index (χ3n) is 4.43. The Morgan fingerprint density at radius 2 is 1.81 bits per heavy atom. The number of ether oxygens (including phenoxy) is 2. The molecule has 1 atom stereocenters. The topological polar surface area (TPSA) is 89.6 Å². The fourth-order valence-electron chi connectivity index (χ4n) is 2.96. The monoisotopic (exact) mass is 473 g/mol. The van der Waals surface area contributed by atoms with Crippen molar-refractivity contribution in [2.24, 2.45) is 0 Å². The highest BCUT2D eigenvalue weighted by Crippen LogP contribution is 2.33. The number of hydrogen-bond acceptors (Lipinski definition) is 5. The van der Waals surface area contributed by atoms with Crippen molar-refractivity contribution < 1.29 is 19.1 Å². The quantitative estimate of drug-likeness (QED) is 0.457. The molecule has 0 unspecified atom stereocenters. The van der Waals surface area contributed by atoms with E-state index >= 15 is 0 Å². The predicted molar refractivity (Wildman–Crippen MR) is 124 cm³/mol. The number of pyridine rings is 1. The molecule has 0 aliphatic carbocycles. The smallest absolute Gasteiger partial charge is 0.238 e.